The number of fused-ring (bicyclic) bond motifs is 1. The number of methoxy groups -OCH3 is 1. The molecule has 0 radical (unpaired) electrons. The normalized spacial score (nSPS) is 24.9. The molecule has 2 heterocycles. The van der Waals surface area contributed by atoms with Crippen molar-refractivity contribution in [2.45, 2.75) is 6.17 Å². The van der Waals surface area contributed by atoms with Crippen LogP contribution in [0, 0.1) is 0 Å². The van der Waals surface area contributed by atoms with Crippen LogP contribution in [0.3, 0.4) is 0 Å². The molecule has 0 aliphatic carbocycles. The molecule has 1 unspecified atom stereocenters. The number of carbonyl (C=O) groups is 1. The van der Waals surface area contributed by atoms with Crippen LogP contribution in [-0.2, 0) is 9.53 Å². The van der Waals surface area contributed by atoms with Crippen molar-refractivity contribution >= 4 is 17.5 Å². The van der Waals surface area contributed by atoms with Gasteiger partial charge in [0, 0.05) is 6.20 Å². The van der Waals surface area contributed by atoms with E-state index in [-0.39, 0.29) is 17.1 Å². The number of carbonyl (C=O) groups excluding carboxylic acids is 1. The Balaban J connectivity index is 2.36. The topological polar surface area (TPSA) is 41.6 Å². The quantitative estimate of drug-likeness (QED) is 0.702. The molecule has 0 saturated heterocycles. The molecule has 4 nitrogen and oxygen atoms in total. The number of amides is 1. The summed E-state index contributed by atoms with van der Waals surface area (Å²) in [7, 11) is 1.47. The van der Waals surface area contributed by atoms with Crippen LogP contribution in [0.2, 0.25) is 0 Å². The lowest BCUT2D eigenvalue weighted by molar-refractivity contribution is -0.127. The van der Waals surface area contributed by atoms with Crippen molar-refractivity contribution in [3.05, 3.63) is 35.3 Å². The minimum Gasteiger partial charge on any atom is -0.481 e. The first kappa shape index (κ1) is 9.15. The summed E-state index contributed by atoms with van der Waals surface area (Å²) in [5.41, 5.74) is 0. The van der Waals surface area contributed by atoms with Crippen LogP contribution in [-0.4, -0.2) is 24.1 Å². The number of hydrogen-bond acceptors (Lipinski definition) is 3. The number of allylic oxidation sites excluding steroid dienone is 2. The maximum absolute atomic E-state index is 11.7. The summed E-state index contributed by atoms with van der Waals surface area (Å²) < 4.78 is 4.95. The fraction of sp³-hybridized carbons (Fsp3) is 0.222. The van der Waals surface area contributed by atoms with Crippen LogP contribution in [0.4, 0.5) is 0 Å². The van der Waals surface area contributed by atoms with Gasteiger partial charge in [-0.15, -0.1) is 0 Å². The molecule has 2 aliphatic rings. The molecule has 0 aromatic heterocycles. The van der Waals surface area contributed by atoms with Gasteiger partial charge in [0.15, 0.2) is 5.03 Å². The van der Waals surface area contributed by atoms with Crippen molar-refractivity contribution in [3.8, 4) is 0 Å². The molecule has 0 aromatic rings. The Morgan fingerprint density at radius 1 is 1.57 bits per heavy atom. The van der Waals surface area contributed by atoms with E-state index in [4.69, 9.17) is 16.3 Å². The van der Waals surface area contributed by atoms with Crippen molar-refractivity contribution in [3.63, 3.8) is 0 Å². The molecule has 74 valence electrons. The third kappa shape index (κ3) is 1.28. The van der Waals surface area contributed by atoms with Gasteiger partial charge in [-0.25, -0.2) is 0 Å². The van der Waals surface area contributed by atoms with Crippen LogP contribution in [0.5, 0.6) is 0 Å². The van der Waals surface area contributed by atoms with Crippen LogP contribution < -0.4 is 5.32 Å². The number of nitrogens with one attached hydrogen (secondary N) is 1. The molecule has 0 bridgehead atoms. The molecule has 0 spiro atoms. The lowest BCUT2D eigenvalue weighted by atomic mass is 10.2. The third-order valence-electron chi connectivity index (χ3n) is 2.06. The highest BCUT2D eigenvalue weighted by atomic mass is 35.5. The molecule has 0 aromatic carbocycles. The predicted octanol–water partition coefficient (Wildman–Crippen LogP) is 0.882. The summed E-state index contributed by atoms with van der Waals surface area (Å²) in [4.78, 5) is 13.2. The van der Waals surface area contributed by atoms with Crippen LogP contribution in [0.15, 0.2) is 35.3 Å². The molecule has 0 saturated carbocycles. The number of rotatable bonds is 1. The van der Waals surface area contributed by atoms with E-state index in [1.54, 1.807) is 12.3 Å². The highest BCUT2D eigenvalue weighted by molar-refractivity contribution is 6.42. The summed E-state index contributed by atoms with van der Waals surface area (Å²) in [6.45, 7) is 0. The van der Waals surface area contributed by atoms with Gasteiger partial charge in [0.25, 0.3) is 5.91 Å². The predicted molar refractivity (Wildman–Crippen MR) is 51.9 cm³/mol. The van der Waals surface area contributed by atoms with Gasteiger partial charge < -0.3 is 10.1 Å². The Morgan fingerprint density at radius 3 is 3.07 bits per heavy atom. The smallest absolute Gasteiger partial charge is 0.276 e. The first-order chi connectivity index (χ1) is 6.74. The molecule has 2 rings (SSSR count). The maximum atomic E-state index is 11.7. The van der Waals surface area contributed by atoms with E-state index in [1.807, 2.05) is 12.2 Å². The molecular weight excluding hydrogens is 204 g/mol. The highest BCUT2D eigenvalue weighted by Gasteiger charge is 2.31. The van der Waals surface area contributed by atoms with Gasteiger partial charge in [-0.3, -0.25) is 9.69 Å². The molecule has 1 amide bonds. The van der Waals surface area contributed by atoms with Gasteiger partial charge in [-0.05, 0) is 12.2 Å². The van der Waals surface area contributed by atoms with Gasteiger partial charge in [-0.2, -0.15) is 0 Å². The molecule has 0 fully saturated rings. The lowest BCUT2D eigenvalue weighted by Crippen LogP contribution is -2.50. The van der Waals surface area contributed by atoms with Gasteiger partial charge in [0.05, 0.1) is 7.11 Å². The molecule has 2 aliphatic heterocycles. The summed E-state index contributed by atoms with van der Waals surface area (Å²) in [5.74, 6) is 0.0609. The zero-order chi connectivity index (χ0) is 10.1. The molecule has 5 heteroatoms. The van der Waals surface area contributed by atoms with Crippen molar-refractivity contribution < 1.29 is 9.53 Å². The molecule has 1 N–H and O–H groups in total. The summed E-state index contributed by atoms with van der Waals surface area (Å²) >= 11 is 5.80. The monoisotopic (exact) mass is 212 g/mol. The first-order valence-corrected chi connectivity index (χ1v) is 4.50. The second kappa shape index (κ2) is 3.38. The molecular formula is C9H9ClN2O2. The number of nitrogens with zero attached hydrogens (tertiary/aromatic N) is 1. The average molecular weight is 213 g/mol. The lowest BCUT2D eigenvalue weighted by Gasteiger charge is -2.34. The van der Waals surface area contributed by atoms with E-state index in [2.05, 4.69) is 5.32 Å². The van der Waals surface area contributed by atoms with E-state index in [1.165, 1.54) is 12.0 Å². The Hall–Kier alpha value is -1.42. The maximum Gasteiger partial charge on any atom is 0.276 e. The van der Waals surface area contributed by atoms with Crippen molar-refractivity contribution in [2.24, 2.45) is 0 Å². The van der Waals surface area contributed by atoms with Gasteiger partial charge in [0.1, 0.15) is 6.17 Å². The number of hydrogen-bond donors (Lipinski definition) is 1. The fourth-order valence-electron chi connectivity index (χ4n) is 1.37. The van der Waals surface area contributed by atoms with E-state index in [0.29, 0.717) is 5.88 Å². The Morgan fingerprint density at radius 2 is 2.36 bits per heavy atom. The average Bonchev–Trinajstić information content (AvgIpc) is 2.23. The minimum atomic E-state index is -0.257. The Kier molecular flexibility index (Phi) is 2.21. The third-order valence-corrected chi connectivity index (χ3v) is 2.39. The number of halogens is 1. The van der Waals surface area contributed by atoms with Crippen molar-refractivity contribution in [2.75, 3.05) is 7.11 Å². The molecule has 14 heavy (non-hydrogen) atoms. The van der Waals surface area contributed by atoms with E-state index < -0.39 is 0 Å². The summed E-state index contributed by atoms with van der Waals surface area (Å²) in [6.07, 6.45) is 6.95. The van der Waals surface area contributed by atoms with Gasteiger partial charge in [-0.1, -0.05) is 17.7 Å². The van der Waals surface area contributed by atoms with Gasteiger partial charge >= 0.3 is 0 Å². The van der Waals surface area contributed by atoms with E-state index in [9.17, 15) is 4.79 Å². The SMILES string of the molecule is COC1=C(Cl)C(=O)N2C=CC=CC2N1. The number of ether oxygens (including phenoxy) is 1. The Bertz CT molecular complexity index is 360. The van der Waals surface area contributed by atoms with Crippen LogP contribution in [0.25, 0.3) is 0 Å². The highest BCUT2D eigenvalue weighted by Crippen LogP contribution is 2.22. The van der Waals surface area contributed by atoms with Crippen LogP contribution in [0.1, 0.15) is 0 Å². The zero-order valence-corrected chi connectivity index (χ0v) is 8.28. The van der Waals surface area contributed by atoms with E-state index >= 15 is 0 Å². The summed E-state index contributed by atoms with van der Waals surface area (Å²) in [5, 5.41) is 3.05. The minimum absolute atomic E-state index is 0.0729. The van der Waals surface area contributed by atoms with E-state index in [0.717, 1.165) is 0 Å². The molecule has 1 atom stereocenters. The summed E-state index contributed by atoms with van der Waals surface area (Å²) in [6, 6.07) is 0. The fourth-order valence-corrected chi connectivity index (χ4v) is 1.59. The second-order valence-corrected chi connectivity index (χ2v) is 3.25. The first-order valence-electron chi connectivity index (χ1n) is 4.12. The second-order valence-electron chi connectivity index (χ2n) is 2.88. The zero-order valence-electron chi connectivity index (χ0n) is 7.53. The Labute approximate surface area is 86.5 Å². The van der Waals surface area contributed by atoms with Crippen LogP contribution >= 0.6 is 11.6 Å². The standard InChI is InChI=1S/C9H9ClN2O2/c1-14-8-7(10)9(13)12-5-3-2-4-6(12)11-8/h2-6,11H,1H3. The van der Waals surface area contributed by atoms with Crippen molar-refractivity contribution in [1.82, 2.24) is 10.2 Å². The van der Waals surface area contributed by atoms with Gasteiger partial charge in [0.2, 0.25) is 5.88 Å². The van der Waals surface area contributed by atoms with Crippen molar-refractivity contribution in [1.29, 1.82) is 0 Å². The largest absolute Gasteiger partial charge is 0.481 e.